The van der Waals surface area contributed by atoms with Gasteiger partial charge in [-0.25, -0.2) is 0 Å². The zero-order valence-corrected chi connectivity index (χ0v) is 15.1. The van der Waals surface area contributed by atoms with Gasteiger partial charge in [0.2, 0.25) is 0 Å². The quantitative estimate of drug-likeness (QED) is 0.563. The molecule has 0 unspecified atom stereocenters. The second-order valence-electron chi connectivity index (χ2n) is 5.79. The molecule has 0 spiro atoms. The number of fused-ring (bicyclic) bond motifs is 1. The van der Waals surface area contributed by atoms with Crippen LogP contribution >= 0.6 is 0 Å². The van der Waals surface area contributed by atoms with Crippen LogP contribution in [0.25, 0.3) is 10.8 Å². The second kappa shape index (κ2) is 6.92. The van der Waals surface area contributed by atoms with E-state index < -0.39 is 0 Å². The summed E-state index contributed by atoms with van der Waals surface area (Å²) < 4.78 is 17.5. The first-order valence-electron chi connectivity index (χ1n) is 7.96. The van der Waals surface area contributed by atoms with E-state index in [9.17, 15) is 9.90 Å². The number of aryl methyl sites for hydroxylation is 1. The summed E-state index contributed by atoms with van der Waals surface area (Å²) in [6.07, 6.45) is 1.81. The fraction of sp³-hybridized carbons (Fsp3) is 0.200. The summed E-state index contributed by atoms with van der Waals surface area (Å²) in [5.74, 6) is 1.14. The maximum absolute atomic E-state index is 13.1. The van der Waals surface area contributed by atoms with Gasteiger partial charge in [0.25, 0.3) is 11.5 Å². The summed E-state index contributed by atoms with van der Waals surface area (Å²) in [5, 5.41) is 11.6. The minimum absolute atomic E-state index is 0.0829. The Morgan fingerprint density at radius 3 is 2.19 bits per heavy atom. The van der Waals surface area contributed by atoms with Crippen molar-refractivity contribution in [2.45, 2.75) is 0 Å². The van der Waals surface area contributed by atoms with Gasteiger partial charge in [-0.15, -0.1) is 0 Å². The van der Waals surface area contributed by atoms with Crippen molar-refractivity contribution in [3.63, 3.8) is 0 Å². The Balaban J connectivity index is 2.21. The van der Waals surface area contributed by atoms with Crippen molar-refractivity contribution in [2.24, 2.45) is 7.05 Å². The van der Waals surface area contributed by atoms with Crippen LogP contribution in [0.3, 0.4) is 0 Å². The number of pyridine rings is 1. The van der Waals surface area contributed by atoms with Gasteiger partial charge >= 0.3 is 0 Å². The minimum atomic E-state index is -0.219. The number of hydrogen-bond donors (Lipinski definition) is 1. The number of aromatic hydroxyl groups is 1. The molecule has 0 aliphatic rings. The molecule has 0 saturated carbocycles. The van der Waals surface area contributed by atoms with Crippen LogP contribution in [0.2, 0.25) is 0 Å². The molecule has 2 aromatic carbocycles. The third-order valence-electron chi connectivity index (χ3n) is 4.30. The monoisotopic (exact) mass is 354 g/mol. The first kappa shape index (κ1) is 17.5. The molecule has 26 heavy (non-hydrogen) atoms. The zero-order valence-electron chi connectivity index (χ0n) is 15.1. The lowest BCUT2D eigenvalue weighted by Crippen LogP contribution is -2.36. The van der Waals surface area contributed by atoms with Crippen molar-refractivity contribution >= 4 is 16.6 Å². The van der Waals surface area contributed by atoms with Crippen LogP contribution in [0, 0.1) is 0 Å². The average molecular weight is 354 g/mol. The Hall–Kier alpha value is -3.28. The Kier molecular flexibility index (Phi) is 4.67. The lowest BCUT2D eigenvalue weighted by Gasteiger charge is -2.11. The molecule has 3 rings (SSSR count). The van der Waals surface area contributed by atoms with Crippen LogP contribution in [0.1, 0.15) is 16.1 Å². The van der Waals surface area contributed by atoms with Gasteiger partial charge in [0.05, 0.1) is 26.7 Å². The maximum Gasteiger partial charge on any atom is 0.261 e. The van der Waals surface area contributed by atoms with E-state index >= 15 is 0 Å². The lowest BCUT2D eigenvalue weighted by molar-refractivity contribution is -0.671. The number of methoxy groups -OCH3 is 3. The molecule has 3 aromatic rings. The number of aromatic nitrogens is 1. The molecule has 0 radical (unpaired) electrons. The highest BCUT2D eigenvalue weighted by molar-refractivity contribution is 6.14. The molecule has 0 bridgehead atoms. The van der Waals surface area contributed by atoms with E-state index in [0.717, 1.165) is 10.8 Å². The molecule has 6 nitrogen and oxygen atoms in total. The lowest BCUT2D eigenvalue weighted by atomic mass is 10.0. The molecule has 0 aliphatic carbocycles. The van der Waals surface area contributed by atoms with Crippen LogP contribution < -0.4 is 18.8 Å². The number of rotatable bonds is 5. The Bertz CT molecular complexity index is 997. The third kappa shape index (κ3) is 2.90. The molecular formula is C20H20NO5+. The molecule has 1 aromatic heterocycles. The number of phenolic OH excluding ortho intramolecular Hbond substituents is 1. The van der Waals surface area contributed by atoms with Crippen LogP contribution in [-0.2, 0) is 7.05 Å². The standard InChI is InChI=1S/C20H19NO5/c1-21-8-7-12-10-17(25-3)18(26-4)11-14(12)19(21)20(23)13-5-6-16(24-2)15(22)9-13/h5-11H,1-4H3/p+1. The minimum Gasteiger partial charge on any atom is -0.504 e. The van der Waals surface area contributed by atoms with Gasteiger partial charge in [-0.3, -0.25) is 4.79 Å². The van der Waals surface area contributed by atoms with E-state index in [0.29, 0.717) is 28.5 Å². The number of hydrogen-bond acceptors (Lipinski definition) is 5. The first-order valence-corrected chi connectivity index (χ1v) is 7.96. The van der Waals surface area contributed by atoms with E-state index in [1.165, 1.54) is 13.2 Å². The topological polar surface area (TPSA) is 68.9 Å². The average Bonchev–Trinajstić information content (AvgIpc) is 2.66. The fourth-order valence-corrected chi connectivity index (χ4v) is 2.94. The van der Waals surface area contributed by atoms with Gasteiger partial charge in [0, 0.05) is 11.6 Å². The van der Waals surface area contributed by atoms with Crippen molar-refractivity contribution in [1.82, 2.24) is 0 Å². The molecule has 0 fully saturated rings. The summed E-state index contributed by atoms with van der Waals surface area (Å²) in [6, 6.07) is 10.1. The predicted molar refractivity (Wildman–Crippen MR) is 96.3 cm³/mol. The van der Waals surface area contributed by atoms with Gasteiger partial charge in [0.1, 0.15) is 7.05 Å². The van der Waals surface area contributed by atoms with Crippen LogP contribution in [0.5, 0.6) is 23.0 Å². The third-order valence-corrected chi connectivity index (χ3v) is 4.30. The SMILES string of the molecule is COc1ccc(C(=O)c2c3cc(OC)c(OC)cc3cc[n+]2C)cc1O. The highest BCUT2D eigenvalue weighted by Gasteiger charge is 2.25. The maximum atomic E-state index is 13.1. The summed E-state index contributed by atoms with van der Waals surface area (Å²) in [7, 11) is 6.38. The van der Waals surface area contributed by atoms with E-state index in [1.54, 1.807) is 44.0 Å². The Labute approximate surface area is 151 Å². The molecular weight excluding hydrogens is 334 g/mol. The highest BCUT2D eigenvalue weighted by atomic mass is 16.5. The number of benzene rings is 2. The normalized spacial score (nSPS) is 10.6. The van der Waals surface area contributed by atoms with Gasteiger partial charge in [-0.2, -0.15) is 4.57 Å². The molecule has 6 heteroatoms. The number of carbonyl (C=O) groups excluding carboxylic acids is 1. The van der Waals surface area contributed by atoms with Gasteiger partial charge in [-0.1, -0.05) is 0 Å². The largest absolute Gasteiger partial charge is 0.504 e. The van der Waals surface area contributed by atoms with Gasteiger partial charge in [0.15, 0.2) is 29.2 Å². The predicted octanol–water partition coefficient (Wildman–Crippen LogP) is 2.63. The number of ketones is 1. The Morgan fingerprint density at radius 1 is 0.923 bits per heavy atom. The molecule has 0 aliphatic heterocycles. The van der Waals surface area contributed by atoms with E-state index in [-0.39, 0.29) is 11.5 Å². The van der Waals surface area contributed by atoms with E-state index in [1.807, 2.05) is 18.3 Å². The zero-order chi connectivity index (χ0) is 18.8. The van der Waals surface area contributed by atoms with Crippen LogP contribution in [0.15, 0.2) is 42.6 Å². The number of phenols is 1. The molecule has 1 heterocycles. The number of nitrogens with zero attached hydrogens (tertiary/aromatic N) is 1. The van der Waals surface area contributed by atoms with Crippen molar-refractivity contribution < 1.29 is 28.7 Å². The molecule has 0 atom stereocenters. The Morgan fingerprint density at radius 2 is 1.58 bits per heavy atom. The molecule has 1 N–H and O–H groups in total. The second-order valence-corrected chi connectivity index (χ2v) is 5.79. The summed E-state index contributed by atoms with van der Waals surface area (Å²) in [4.78, 5) is 13.1. The van der Waals surface area contributed by atoms with E-state index in [4.69, 9.17) is 14.2 Å². The van der Waals surface area contributed by atoms with Crippen LogP contribution in [-0.4, -0.2) is 32.2 Å². The number of ether oxygens (including phenoxy) is 3. The van der Waals surface area contributed by atoms with E-state index in [2.05, 4.69) is 0 Å². The van der Waals surface area contributed by atoms with Crippen LogP contribution in [0.4, 0.5) is 0 Å². The molecule has 0 amide bonds. The molecule has 134 valence electrons. The van der Waals surface area contributed by atoms with Crippen molar-refractivity contribution in [3.8, 4) is 23.0 Å². The smallest absolute Gasteiger partial charge is 0.261 e. The van der Waals surface area contributed by atoms with Crippen molar-refractivity contribution in [3.05, 3.63) is 53.9 Å². The summed E-state index contributed by atoms with van der Waals surface area (Å²) in [5.41, 5.74) is 0.842. The van der Waals surface area contributed by atoms with Crippen molar-refractivity contribution in [2.75, 3.05) is 21.3 Å². The summed E-state index contributed by atoms with van der Waals surface area (Å²) >= 11 is 0. The van der Waals surface area contributed by atoms with Gasteiger partial charge < -0.3 is 19.3 Å². The highest BCUT2D eigenvalue weighted by Crippen LogP contribution is 2.34. The van der Waals surface area contributed by atoms with Crippen molar-refractivity contribution in [1.29, 1.82) is 0 Å². The molecule has 0 saturated heterocycles. The number of carbonyl (C=O) groups is 1. The first-order chi connectivity index (χ1) is 12.5. The van der Waals surface area contributed by atoms with Gasteiger partial charge in [-0.05, 0) is 35.7 Å². The fourth-order valence-electron chi connectivity index (χ4n) is 2.94. The summed E-state index contributed by atoms with van der Waals surface area (Å²) in [6.45, 7) is 0.